The first-order valence-corrected chi connectivity index (χ1v) is 19.0. The first kappa shape index (κ1) is 35.0. The largest absolute Gasteiger partial charge is 0.465 e. The maximum atomic E-state index is 13.7. The third-order valence-corrected chi connectivity index (χ3v) is 11.1. The Morgan fingerprint density at radius 1 is 0.796 bits per heavy atom. The number of hydrogen-bond acceptors (Lipinski definition) is 7. The van der Waals surface area contributed by atoms with E-state index in [1.807, 2.05) is 41.6 Å². The van der Waals surface area contributed by atoms with Crippen LogP contribution < -0.4 is 5.32 Å². The Kier molecular flexibility index (Phi) is 9.79. The number of likely N-dealkylation sites (tertiary alicyclic amines) is 2. The van der Waals surface area contributed by atoms with Gasteiger partial charge in [-0.25, -0.2) is 19.7 Å². The van der Waals surface area contributed by atoms with Crippen molar-refractivity contribution in [3.05, 3.63) is 125 Å². The summed E-state index contributed by atoms with van der Waals surface area (Å²) in [5.74, 6) is 1.28. The number of carboxylic acid groups (broad SMARTS) is 1. The van der Waals surface area contributed by atoms with Crippen molar-refractivity contribution in [1.82, 2.24) is 40.0 Å². The molecule has 0 unspecified atom stereocenters. The van der Waals surface area contributed by atoms with Crippen LogP contribution in [0.4, 0.5) is 4.79 Å². The zero-order valence-electron chi connectivity index (χ0n) is 29.7. The van der Waals surface area contributed by atoms with E-state index in [0.717, 1.165) is 82.4 Å². The summed E-state index contributed by atoms with van der Waals surface area (Å²) in [4.78, 5) is 62.8. The van der Waals surface area contributed by atoms with Gasteiger partial charge in [0.25, 0.3) is 5.91 Å². The Hall–Kier alpha value is -6.08. The number of imidazole rings is 2. The molecule has 2 saturated heterocycles. The number of H-pyrrole nitrogens is 2. The normalized spacial score (nSPS) is 17.5. The molecule has 3 atom stereocenters. The Balaban J connectivity index is 0.921. The molecule has 6 aromatic rings. The van der Waals surface area contributed by atoms with Crippen LogP contribution >= 0.6 is 11.3 Å². The van der Waals surface area contributed by atoms with E-state index >= 15 is 0 Å². The van der Waals surface area contributed by atoms with Crippen LogP contribution in [0.25, 0.3) is 33.6 Å². The third kappa shape index (κ3) is 7.27. The van der Waals surface area contributed by atoms with Gasteiger partial charge in [-0.2, -0.15) is 0 Å². The Labute approximate surface area is 316 Å². The van der Waals surface area contributed by atoms with E-state index in [-0.39, 0.29) is 23.9 Å². The fourth-order valence-corrected chi connectivity index (χ4v) is 8.24. The van der Waals surface area contributed by atoms with E-state index in [9.17, 15) is 19.5 Å². The van der Waals surface area contributed by atoms with Crippen LogP contribution in [0.5, 0.6) is 0 Å². The third-order valence-electron chi connectivity index (χ3n) is 10.3. The van der Waals surface area contributed by atoms with Gasteiger partial charge in [-0.1, -0.05) is 78.9 Å². The molecule has 2 aliphatic rings. The molecule has 0 spiro atoms. The highest BCUT2D eigenvalue weighted by atomic mass is 32.1. The monoisotopic (exact) mass is 740 g/mol. The fraction of sp³-hybridized carbons (Fsp3) is 0.268. The van der Waals surface area contributed by atoms with Crippen molar-refractivity contribution in [1.29, 1.82) is 0 Å². The smallest absolute Gasteiger partial charge is 0.405 e. The number of hydrogen-bond donors (Lipinski definition) is 4. The lowest BCUT2D eigenvalue weighted by Gasteiger charge is -2.28. The van der Waals surface area contributed by atoms with Gasteiger partial charge in [0.05, 0.1) is 53.0 Å². The second kappa shape index (κ2) is 15.1. The van der Waals surface area contributed by atoms with Crippen LogP contribution in [0.15, 0.2) is 96.6 Å². The van der Waals surface area contributed by atoms with Gasteiger partial charge in [-0.3, -0.25) is 9.59 Å². The van der Waals surface area contributed by atoms with Crippen molar-refractivity contribution in [3.8, 4) is 33.6 Å². The van der Waals surface area contributed by atoms with Crippen LogP contribution in [0, 0.1) is 6.92 Å². The highest BCUT2D eigenvalue weighted by molar-refractivity contribution is 7.09. The minimum atomic E-state index is -1.25. The summed E-state index contributed by atoms with van der Waals surface area (Å²) in [5, 5.41) is 14.8. The number of carbonyl (C=O) groups excluding carboxylic acids is 2. The maximum absolute atomic E-state index is 13.7. The van der Waals surface area contributed by atoms with E-state index < -0.39 is 12.1 Å². The Morgan fingerprint density at radius 3 is 1.87 bits per heavy atom. The summed E-state index contributed by atoms with van der Waals surface area (Å²) in [6.45, 7) is 3.20. The summed E-state index contributed by atoms with van der Waals surface area (Å²) < 4.78 is 0. The van der Waals surface area contributed by atoms with Crippen molar-refractivity contribution in [2.24, 2.45) is 0 Å². The molecule has 8 rings (SSSR count). The number of rotatable bonds is 10. The molecule has 3 amide bonds. The molecule has 0 aliphatic carbocycles. The van der Waals surface area contributed by atoms with E-state index in [1.165, 1.54) is 0 Å². The molecule has 4 N–H and O–H groups in total. The van der Waals surface area contributed by atoms with Gasteiger partial charge >= 0.3 is 6.09 Å². The molecule has 54 heavy (non-hydrogen) atoms. The van der Waals surface area contributed by atoms with Gasteiger partial charge in [0.15, 0.2) is 0 Å². The second-order valence-corrected chi connectivity index (χ2v) is 14.8. The van der Waals surface area contributed by atoms with Gasteiger partial charge in [0.2, 0.25) is 5.91 Å². The number of aryl methyl sites for hydroxylation is 1. The standard InChI is InChI=1S/C41H40N8O4S/c1-25-44-31(24-54-25)21-36(50)48-19-5-9-34(48)38-42-22-32(45-38)28-15-11-26(12-16-28)27-13-17-29(18-14-27)33-23-43-39(46-33)35-10-6-20-49(35)40(51)37(47-41(52)53)30-7-3-2-4-8-30/h2-4,7-8,11-18,22-24,34-35,37,47H,5-6,9-10,19-21H2,1H3,(H,42,45)(H,43,46)(H,52,53)/t34-,35-,37+/m0/s1. The molecule has 13 heteroatoms. The van der Waals surface area contributed by atoms with Crippen LogP contribution in [-0.4, -0.2) is 70.8 Å². The second-order valence-electron chi connectivity index (χ2n) is 13.8. The van der Waals surface area contributed by atoms with Crippen LogP contribution in [0.1, 0.15) is 71.7 Å². The molecule has 2 fully saturated rings. The number of aromatic amines is 2. The van der Waals surface area contributed by atoms with Gasteiger partial charge in [0, 0.05) is 18.5 Å². The van der Waals surface area contributed by atoms with Crippen molar-refractivity contribution in [3.63, 3.8) is 0 Å². The first-order valence-electron chi connectivity index (χ1n) is 18.2. The molecule has 3 aromatic carbocycles. The molecular formula is C41H40N8O4S. The molecule has 274 valence electrons. The number of nitrogens with one attached hydrogen (secondary N) is 3. The SMILES string of the molecule is Cc1nc(CC(=O)N2CCC[C@H]2c2ncc(-c3ccc(-c4ccc(-c5cnc([C@@H]6CCCN6C(=O)[C@H](NC(=O)O)c6ccccc6)[nH]5)cc4)cc3)[nH]2)cs1. The van der Waals surface area contributed by atoms with Crippen molar-refractivity contribution in [2.75, 3.05) is 13.1 Å². The average molecular weight is 741 g/mol. The maximum Gasteiger partial charge on any atom is 0.405 e. The van der Waals surface area contributed by atoms with Crippen molar-refractivity contribution < 1.29 is 19.5 Å². The predicted molar refractivity (Wildman–Crippen MR) is 205 cm³/mol. The van der Waals surface area contributed by atoms with Gasteiger partial charge in [-0.15, -0.1) is 11.3 Å². The highest BCUT2D eigenvalue weighted by Crippen LogP contribution is 2.35. The molecular weight excluding hydrogens is 701 g/mol. The molecule has 0 bridgehead atoms. The van der Waals surface area contributed by atoms with Crippen molar-refractivity contribution in [2.45, 2.75) is 57.2 Å². The lowest BCUT2D eigenvalue weighted by Crippen LogP contribution is -2.42. The van der Waals surface area contributed by atoms with E-state index in [0.29, 0.717) is 24.4 Å². The number of amides is 3. The average Bonchev–Trinajstić information content (AvgIpc) is 4.04. The first-order chi connectivity index (χ1) is 26.3. The van der Waals surface area contributed by atoms with Crippen molar-refractivity contribution >= 4 is 29.2 Å². The molecule has 12 nitrogen and oxygen atoms in total. The lowest BCUT2D eigenvalue weighted by molar-refractivity contribution is -0.134. The minimum Gasteiger partial charge on any atom is -0.465 e. The molecule has 3 aromatic heterocycles. The Morgan fingerprint density at radius 2 is 1.33 bits per heavy atom. The lowest BCUT2D eigenvalue weighted by atomic mass is 10.0. The zero-order valence-corrected chi connectivity index (χ0v) is 30.6. The van der Waals surface area contributed by atoms with E-state index in [2.05, 4.69) is 61.7 Å². The number of carbonyl (C=O) groups is 3. The summed E-state index contributed by atoms with van der Waals surface area (Å²) >= 11 is 1.57. The van der Waals surface area contributed by atoms with E-state index in [4.69, 9.17) is 4.98 Å². The van der Waals surface area contributed by atoms with Gasteiger partial charge in [-0.05, 0) is 60.4 Å². The minimum absolute atomic E-state index is 0.0672. The van der Waals surface area contributed by atoms with Crippen LogP contribution in [0.2, 0.25) is 0 Å². The zero-order chi connectivity index (χ0) is 37.2. The number of nitrogens with zero attached hydrogens (tertiary/aromatic N) is 5. The summed E-state index contributed by atoms with van der Waals surface area (Å²) in [5.41, 5.74) is 7.29. The highest BCUT2D eigenvalue weighted by Gasteiger charge is 2.37. The molecule has 5 heterocycles. The molecule has 2 aliphatic heterocycles. The van der Waals surface area contributed by atoms with Gasteiger partial charge in [0.1, 0.15) is 17.7 Å². The van der Waals surface area contributed by atoms with E-state index in [1.54, 1.807) is 46.7 Å². The quantitative estimate of drug-likeness (QED) is 0.113. The summed E-state index contributed by atoms with van der Waals surface area (Å²) in [7, 11) is 0. The van der Waals surface area contributed by atoms with Gasteiger partial charge < -0.3 is 30.2 Å². The number of benzene rings is 3. The fourth-order valence-electron chi connectivity index (χ4n) is 7.62. The summed E-state index contributed by atoms with van der Waals surface area (Å²) in [6, 6.07) is 24.2. The number of aromatic nitrogens is 5. The van der Waals surface area contributed by atoms with Crippen LogP contribution in [-0.2, 0) is 16.0 Å². The molecule has 0 saturated carbocycles. The predicted octanol–water partition coefficient (Wildman–Crippen LogP) is 7.48. The van der Waals surface area contributed by atoms with Crippen LogP contribution in [0.3, 0.4) is 0 Å². The molecule has 0 radical (unpaired) electrons. The topological polar surface area (TPSA) is 160 Å². The Bertz CT molecular complexity index is 2260. The summed E-state index contributed by atoms with van der Waals surface area (Å²) in [6.07, 6.45) is 6.04. The number of thiazole rings is 1.